The second-order valence-electron chi connectivity index (χ2n) is 7.54. The van der Waals surface area contributed by atoms with E-state index in [9.17, 15) is 9.18 Å². The zero-order chi connectivity index (χ0) is 22.4. The Morgan fingerprint density at radius 2 is 1.97 bits per heavy atom. The Hall–Kier alpha value is -3.53. The van der Waals surface area contributed by atoms with Crippen molar-refractivity contribution in [2.24, 2.45) is 7.05 Å². The summed E-state index contributed by atoms with van der Waals surface area (Å²) in [6.07, 6.45) is 3.26. The summed E-state index contributed by atoms with van der Waals surface area (Å²) in [4.78, 5) is 25.9. The molecule has 9 nitrogen and oxygen atoms in total. The number of aryl methyl sites for hydroxylation is 2. The van der Waals surface area contributed by atoms with E-state index < -0.39 is 5.82 Å². The molecular formula is C21H19ClFN7O2. The van der Waals surface area contributed by atoms with Gasteiger partial charge in [-0.1, -0.05) is 22.8 Å². The van der Waals surface area contributed by atoms with Crippen molar-refractivity contribution in [1.29, 1.82) is 0 Å². The first-order valence-corrected chi connectivity index (χ1v) is 10.4. The van der Waals surface area contributed by atoms with Gasteiger partial charge in [-0.05, 0) is 19.1 Å². The molecule has 0 atom stereocenters. The van der Waals surface area contributed by atoms with E-state index in [0.717, 1.165) is 16.9 Å². The van der Waals surface area contributed by atoms with Gasteiger partial charge in [0.05, 0.1) is 22.2 Å². The highest BCUT2D eigenvalue weighted by molar-refractivity contribution is 6.33. The van der Waals surface area contributed by atoms with Crippen LogP contribution in [0.4, 0.5) is 10.2 Å². The Morgan fingerprint density at radius 1 is 1.19 bits per heavy atom. The number of benzene rings is 1. The van der Waals surface area contributed by atoms with Crippen LogP contribution in [0.3, 0.4) is 0 Å². The lowest BCUT2D eigenvalue weighted by Crippen LogP contribution is -2.49. The number of carbonyl (C=O) groups is 1. The molecule has 4 aromatic rings. The second kappa shape index (κ2) is 7.86. The number of halogens is 2. The average Bonchev–Trinajstić information content (AvgIpc) is 3.36. The minimum absolute atomic E-state index is 0.0629. The van der Waals surface area contributed by atoms with Crippen LogP contribution in [0.5, 0.6) is 0 Å². The number of aromatic nitrogens is 5. The molecule has 0 radical (unpaired) electrons. The molecule has 32 heavy (non-hydrogen) atoms. The quantitative estimate of drug-likeness (QED) is 0.468. The lowest BCUT2D eigenvalue weighted by molar-refractivity contribution is 0.0745. The van der Waals surface area contributed by atoms with Gasteiger partial charge in [0.1, 0.15) is 35.0 Å². The molecule has 4 heterocycles. The van der Waals surface area contributed by atoms with Gasteiger partial charge in [0.2, 0.25) is 0 Å². The number of hydrogen-bond donors (Lipinski definition) is 0. The van der Waals surface area contributed by atoms with Crippen LogP contribution in [0.1, 0.15) is 16.1 Å². The summed E-state index contributed by atoms with van der Waals surface area (Å²) in [5.74, 6) is 0.274. The zero-order valence-corrected chi connectivity index (χ0v) is 18.2. The third-order valence-electron chi connectivity index (χ3n) is 5.65. The molecule has 5 rings (SSSR count). The van der Waals surface area contributed by atoms with Crippen LogP contribution in [0.25, 0.3) is 22.3 Å². The Bertz CT molecular complexity index is 1310. The summed E-state index contributed by atoms with van der Waals surface area (Å²) in [6, 6.07) is 4.33. The standard InChI is InChI=1S/C21H19ClFN7O2/c1-12-16(18(27-32-12)17-14(22)4-3-5-15(17)23)21(31)30-8-6-29(7-9-30)20-13-10-26-28(2)19(13)24-11-25-20/h3-5,10-11H,6-9H2,1-2H3. The fourth-order valence-electron chi connectivity index (χ4n) is 4.00. The number of amides is 1. The zero-order valence-electron chi connectivity index (χ0n) is 17.4. The first kappa shape index (κ1) is 20.4. The lowest BCUT2D eigenvalue weighted by Gasteiger charge is -2.35. The second-order valence-corrected chi connectivity index (χ2v) is 7.95. The molecule has 0 bridgehead atoms. The third-order valence-corrected chi connectivity index (χ3v) is 5.97. The molecule has 164 valence electrons. The van der Waals surface area contributed by atoms with E-state index in [0.29, 0.717) is 31.9 Å². The summed E-state index contributed by atoms with van der Waals surface area (Å²) in [5, 5.41) is 9.22. The Morgan fingerprint density at radius 3 is 2.72 bits per heavy atom. The van der Waals surface area contributed by atoms with E-state index >= 15 is 0 Å². The number of piperazine rings is 1. The Balaban J connectivity index is 1.39. The summed E-state index contributed by atoms with van der Waals surface area (Å²) in [7, 11) is 1.83. The first-order chi connectivity index (χ1) is 15.5. The molecule has 3 aromatic heterocycles. The summed E-state index contributed by atoms with van der Waals surface area (Å²) >= 11 is 6.20. The molecule has 0 aliphatic carbocycles. The van der Waals surface area contributed by atoms with Gasteiger partial charge in [0, 0.05) is 33.2 Å². The third kappa shape index (κ3) is 3.27. The minimum Gasteiger partial charge on any atom is -0.360 e. The van der Waals surface area contributed by atoms with Gasteiger partial charge >= 0.3 is 0 Å². The van der Waals surface area contributed by atoms with Gasteiger partial charge in [-0.2, -0.15) is 5.10 Å². The molecule has 1 saturated heterocycles. The number of fused-ring (bicyclic) bond motifs is 1. The number of hydrogen-bond acceptors (Lipinski definition) is 7. The van der Waals surface area contributed by atoms with Gasteiger partial charge in [-0.3, -0.25) is 9.48 Å². The van der Waals surface area contributed by atoms with Crippen molar-refractivity contribution >= 4 is 34.4 Å². The van der Waals surface area contributed by atoms with Crippen LogP contribution in [0.2, 0.25) is 5.02 Å². The highest BCUT2D eigenvalue weighted by Crippen LogP contribution is 2.34. The van der Waals surface area contributed by atoms with E-state index in [1.165, 1.54) is 18.5 Å². The highest BCUT2D eigenvalue weighted by atomic mass is 35.5. The van der Waals surface area contributed by atoms with Crippen molar-refractivity contribution in [2.45, 2.75) is 6.92 Å². The smallest absolute Gasteiger partial charge is 0.259 e. The predicted octanol–water partition coefficient (Wildman–Crippen LogP) is 3.08. The first-order valence-electron chi connectivity index (χ1n) is 10.0. The summed E-state index contributed by atoms with van der Waals surface area (Å²) in [5.41, 5.74) is 1.15. The van der Waals surface area contributed by atoms with E-state index in [2.05, 4.69) is 25.1 Å². The maximum atomic E-state index is 14.5. The predicted molar refractivity (Wildman–Crippen MR) is 116 cm³/mol. The van der Waals surface area contributed by atoms with Gasteiger partial charge in [0.25, 0.3) is 5.91 Å². The van der Waals surface area contributed by atoms with E-state index in [1.54, 1.807) is 28.8 Å². The van der Waals surface area contributed by atoms with Crippen molar-refractivity contribution in [3.63, 3.8) is 0 Å². The van der Waals surface area contributed by atoms with Crippen molar-refractivity contribution in [3.8, 4) is 11.3 Å². The minimum atomic E-state index is -0.561. The van der Waals surface area contributed by atoms with Gasteiger partial charge in [-0.25, -0.2) is 14.4 Å². The Labute approximate surface area is 187 Å². The Kier molecular flexibility index (Phi) is 5.01. The summed E-state index contributed by atoms with van der Waals surface area (Å²) in [6.45, 7) is 3.70. The molecule has 1 aliphatic rings. The maximum absolute atomic E-state index is 14.5. The largest absolute Gasteiger partial charge is 0.360 e. The molecule has 1 aliphatic heterocycles. The fraction of sp³-hybridized carbons (Fsp3) is 0.286. The van der Waals surface area contributed by atoms with Gasteiger partial charge < -0.3 is 14.3 Å². The van der Waals surface area contributed by atoms with Crippen LogP contribution in [-0.4, -0.2) is 61.9 Å². The van der Waals surface area contributed by atoms with Crippen LogP contribution < -0.4 is 4.90 Å². The molecule has 11 heteroatoms. The number of rotatable bonds is 3. The molecule has 0 spiro atoms. The SMILES string of the molecule is Cc1onc(-c2c(F)cccc2Cl)c1C(=O)N1CCN(c2ncnc3c2cnn3C)CC1. The molecule has 0 N–H and O–H groups in total. The number of anilines is 1. The molecule has 0 saturated carbocycles. The van der Waals surface area contributed by atoms with E-state index in [1.807, 2.05) is 7.05 Å². The van der Waals surface area contributed by atoms with Crippen molar-refractivity contribution < 1.29 is 13.7 Å². The van der Waals surface area contributed by atoms with E-state index in [4.69, 9.17) is 16.1 Å². The summed E-state index contributed by atoms with van der Waals surface area (Å²) < 4.78 is 21.4. The molecule has 0 unspecified atom stereocenters. The average molecular weight is 456 g/mol. The van der Waals surface area contributed by atoms with Gasteiger partial charge in [0.15, 0.2) is 5.65 Å². The number of nitrogens with zero attached hydrogens (tertiary/aromatic N) is 7. The van der Waals surface area contributed by atoms with Crippen LogP contribution in [0.15, 0.2) is 35.2 Å². The molecule has 1 fully saturated rings. The molecule has 1 aromatic carbocycles. The molecular weight excluding hydrogens is 437 g/mol. The highest BCUT2D eigenvalue weighted by Gasteiger charge is 2.31. The van der Waals surface area contributed by atoms with Crippen LogP contribution >= 0.6 is 11.6 Å². The maximum Gasteiger partial charge on any atom is 0.259 e. The van der Waals surface area contributed by atoms with Gasteiger partial charge in [-0.15, -0.1) is 0 Å². The topological polar surface area (TPSA) is 93.2 Å². The number of carbonyl (C=O) groups excluding carboxylic acids is 1. The van der Waals surface area contributed by atoms with Crippen molar-refractivity contribution in [3.05, 3.63) is 52.9 Å². The van der Waals surface area contributed by atoms with Crippen LogP contribution in [-0.2, 0) is 7.05 Å². The van der Waals surface area contributed by atoms with Crippen LogP contribution in [0, 0.1) is 12.7 Å². The van der Waals surface area contributed by atoms with Crippen molar-refractivity contribution in [1.82, 2.24) is 29.8 Å². The van der Waals surface area contributed by atoms with Crippen molar-refractivity contribution in [2.75, 3.05) is 31.1 Å². The fourth-order valence-corrected chi connectivity index (χ4v) is 4.25. The lowest BCUT2D eigenvalue weighted by atomic mass is 10.0. The van der Waals surface area contributed by atoms with E-state index in [-0.39, 0.29) is 27.8 Å². The normalized spacial score (nSPS) is 14.4. The monoisotopic (exact) mass is 455 g/mol. The molecule has 1 amide bonds.